The molecule has 0 aromatic carbocycles. The molecular formula is C7H10N2S. The van der Waals surface area contributed by atoms with E-state index >= 15 is 0 Å². The van der Waals surface area contributed by atoms with Gasteiger partial charge < -0.3 is 4.98 Å². The van der Waals surface area contributed by atoms with Gasteiger partial charge in [0.2, 0.25) is 0 Å². The minimum Gasteiger partial charge on any atom is -0.340 e. The Kier molecular flexibility index (Phi) is 3.09. The summed E-state index contributed by atoms with van der Waals surface area (Å²) in [5.74, 6) is 0.990. The molecular weight excluding hydrogens is 144 g/mol. The number of thioether (sulfide) groups is 1. The first-order valence-corrected chi connectivity index (χ1v) is 4.15. The molecule has 0 bridgehead atoms. The van der Waals surface area contributed by atoms with Gasteiger partial charge in [0.1, 0.15) is 0 Å². The van der Waals surface area contributed by atoms with Crippen LogP contribution in [0.3, 0.4) is 0 Å². The van der Waals surface area contributed by atoms with Crippen molar-refractivity contribution in [1.82, 2.24) is 9.97 Å². The number of imidazole rings is 1. The highest BCUT2D eigenvalue weighted by atomic mass is 32.2. The van der Waals surface area contributed by atoms with Crippen LogP contribution in [0, 0.1) is 0 Å². The molecule has 0 atom stereocenters. The van der Waals surface area contributed by atoms with Gasteiger partial charge in [0.15, 0.2) is 5.16 Å². The van der Waals surface area contributed by atoms with Gasteiger partial charge in [0.05, 0.1) is 0 Å². The van der Waals surface area contributed by atoms with E-state index in [4.69, 9.17) is 0 Å². The topological polar surface area (TPSA) is 28.7 Å². The first-order valence-electron chi connectivity index (χ1n) is 3.17. The zero-order chi connectivity index (χ0) is 7.23. The molecule has 0 amide bonds. The van der Waals surface area contributed by atoms with Crippen LogP contribution in [-0.2, 0) is 0 Å². The highest BCUT2D eigenvalue weighted by Gasteiger charge is 1.89. The normalized spacial score (nSPS) is 10.9. The summed E-state index contributed by atoms with van der Waals surface area (Å²) in [4.78, 5) is 7.08. The van der Waals surface area contributed by atoms with Crippen molar-refractivity contribution in [2.24, 2.45) is 0 Å². The second-order valence-electron chi connectivity index (χ2n) is 1.77. The molecule has 2 nitrogen and oxygen atoms in total. The van der Waals surface area contributed by atoms with Crippen LogP contribution in [0.25, 0.3) is 0 Å². The number of H-pyrrole nitrogens is 1. The number of hydrogen-bond donors (Lipinski definition) is 1. The van der Waals surface area contributed by atoms with Crippen LogP contribution >= 0.6 is 11.8 Å². The molecule has 1 rings (SSSR count). The Bertz CT molecular complexity index is 191. The van der Waals surface area contributed by atoms with Crippen molar-refractivity contribution in [2.75, 3.05) is 5.75 Å². The summed E-state index contributed by atoms with van der Waals surface area (Å²) in [6.45, 7) is 2.02. The standard InChI is InChI=1S/C7H10N2S/c1-2-3-6-10-7-8-4-5-9-7/h2-5H,6H2,1H3,(H,8,9)/b3-2+. The monoisotopic (exact) mass is 154 g/mol. The predicted octanol–water partition coefficient (Wildman–Crippen LogP) is 2.08. The van der Waals surface area contributed by atoms with Gasteiger partial charge in [0.25, 0.3) is 0 Å². The van der Waals surface area contributed by atoms with Gasteiger partial charge in [-0.15, -0.1) is 0 Å². The van der Waals surface area contributed by atoms with Crippen molar-refractivity contribution in [1.29, 1.82) is 0 Å². The Morgan fingerprint density at radius 3 is 3.30 bits per heavy atom. The van der Waals surface area contributed by atoms with Gasteiger partial charge in [-0.05, 0) is 6.92 Å². The number of nitrogens with one attached hydrogen (secondary N) is 1. The van der Waals surface area contributed by atoms with E-state index in [0.29, 0.717) is 0 Å². The summed E-state index contributed by atoms with van der Waals surface area (Å²) in [5.41, 5.74) is 0. The molecule has 3 heteroatoms. The SMILES string of the molecule is C/C=C/CSc1ncc[nH]1. The average Bonchev–Trinajstić information content (AvgIpc) is 2.41. The third-order valence-electron chi connectivity index (χ3n) is 1.03. The van der Waals surface area contributed by atoms with Gasteiger partial charge in [-0.1, -0.05) is 23.9 Å². The van der Waals surface area contributed by atoms with Gasteiger partial charge >= 0.3 is 0 Å². The maximum atomic E-state index is 4.06. The molecule has 0 spiro atoms. The van der Waals surface area contributed by atoms with E-state index in [1.807, 2.05) is 19.2 Å². The van der Waals surface area contributed by atoms with E-state index in [9.17, 15) is 0 Å². The molecule has 1 aromatic rings. The summed E-state index contributed by atoms with van der Waals surface area (Å²) in [6, 6.07) is 0. The Morgan fingerprint density at radius 2 is 2.70 bits per heavy atom. The number of nitrogens with zero attached hydrogens (tertiary/aromatic N) is 1. The van der Waals surface area contributed by atoms with E-state index in [1.54, 1.807) is 18.0 Å². The Labute approximate surface area is 64.8 Å². The first kappa shape index (κ1) is 7.41. The highest BCUT2D eigenvalue weighted by molar-refractivity contribution is 7.99. The second kappa shape index (κ2) is 4.17. The Hall–Kier alpha value is -0.700. The number of allylic oxidation sites excluding steroid dienone is 1. The van der Waals surface area contributed by atoms with Gasteiger partial charge in [-0.2, -0.15) is 0 Å². The first-order chi connectivity index (χ1) is 4.93. The number of hydrogen-bond acceptors (Lipinski definition) is 2. The lowest BCUT2D eigenvalue weighted by atomic mass is 10.6. The van der Waals surface area contributed by atoms with Crippen LogP contribution in [0.15, 0.2) is 29.7 Å². The zero-order valence-corrected chi connectivity index (χ0v) is 6.69. The van der Waals surface area contributed by atoms with Crippen LogP contribution in [-0.4, -0.2) is 15.7 Å². The molecule has 54 valence electrons. The third kappa shape index (κ3) is 2.27. The molecule has 0 aliphatic heterocycles. The number of aromatic nitrogens is 2. The summed E-state index contributed by atoms with van der Waals surface area (Å²) in [6.07, 6.45) is 7.74. The van der Waals surface area contributed by atoms with E-state index in [2.05, 4.69) is 16.0 Å². The summed E-state index contributed by atoms with van der Waals surface area (Å²) in [5, 5.41) is 0.984. The maximum Gasteiger partial charge on any atom is 0.165 e. The lowest BCUT2D eigenvalue weighted by Gasteiger charge is -1.88. The Morgan fingerprint density at radius 1 is 1.80 bits per heavy atom. The lowest BCUT2D eigenvalue weighted by molar-refractivity contribution is 1.06. The van der Waals surface area contributed by atoms with Crippen molar-refractivity contribution in [3.8, 4) is 0 Å². The largest absolute Gasteiger partial charge is 0.340 e. The number of rotatable bonds is 3. The second-order valence-corrected chi connectivity index (χ2v) is 2.78. The van der Waals surface area contributed by atoms with Crippen LogP contribution in [0.5, 0.6) is 0 Å². The number of aromatic amines is 1. The molecule has 0 unspecified atom stereocenters. The molecule has 0 aliphatic rings. The van der Waals surface area contributed by atoms with Gasteiger partial charge in [0, 0.05) is 18.1 Å². The average molecular weight is 154 g/mol. The lowest BCUT2D eigenvalue weighted by Crippen LogP contribution is -1.74. The molecule has 0 saturated heterocycles. The maximum absolute atomic E-state index is 4.06. The summed E-state index contributed by atoms with van der Waals surface area (Å²) < 4.78 is 0. The molecule has 0 radical (unpaired) electrons. The van der Waals surface area contributed by atoms with Crippen LogP contribution in [0.1, 0.15) is 6.92 Å². The van der Waals surface area contributed by atoms with Crippen molar-refractivity contribution < 1.29 is 0 Å². The quantitative estimate of drug-likeness (QED) is 0.533. The third-order valence-corrected chi connectivity index (χ3v) is 1.88. The molecule has 0 saturated carbocycles. The van der Waals surface area contributed by atoms with Crippen LogP contribution in [0.2, 0.25) is 0 Å². The summed E-state index contributed by atoms with van der Waals surface area (Å²) in [7, 11) is 0. The minimum absolute atomic E-state index is 0.984. The smallest absolute Gasteiger partial charge is 0.165 e. The van der Waals surface area contributed by atoms with Crippen LogP contribution < -0.4 is 0 Å². The van der Waals surface area contributed by atoms with Gasteiger partial charge in [-0.3, -0.25) is 0 Å². The summed E-state index contributed by atoms with van der Waals surface area (Å²) >= 11 is 1.70. The fourth-order valence-electron chi connectivity index (χ4n) is 0.553. The molecule has 10 heavy (non-hydrogen) atoms. The minimum atomic E-state index is 0.984. The van der Waals surface area contributed by atoms with Crippen molar-refractivity contribution in [3.63, 3.8) is 0 Å². The molecule has 0 fully saturated rings. The molecule has 1 heterocycles. The zero-order valence-electron chi connectivity index (χ0n) is 5.87. The highest BCUT2D eigenvalue weighted by Crippen LogP contribution is 2.10. The van der Waals surface area contributed by atoms with E-state index in [-0.39, 0.29) is 0 Å². The molecule has 0 aliphatic carbocycles. The van der Waals surface area contributed by atoms with Crippen LogP contribution in [0.4, 0.5) is 0 Å². The fourth-order valence-corrected chi connectivity index (χ4v) is 1.29. The molecule has 1 aromatic heterocycles. The van der Waals surface area contributed by atoms with Gasteiger partial charge in [-0.25, -0.2) is 4.98 Å². The Balaban J connectivity index is 2.28. The van der Waals surface area contributed by atoms with Crippen molar-refractivity contribution in [2.45, 2.75) is 12.1 Å². The van der Waals surface area contributed by atoms with Crippen molar-refractivity contribution >= 4 is 11.8 Å². The van der Waals surface area contributed by atoms with Crippen molar-refractivity contribution in [3.05, 3.63) is 24.5 Å². The van der Waals surface area contributed by atoms with E-state index < -0.39 is 0 Å². The fraction of sp³-hybridized carbons (Fsp3) is 0.286. The van der Waals surface area contributed by atoms with E-state index in [0.717, 1.165) is 10.9 Å². The van der Waals surface area contributed by atoms with E-state index in [1.165, 1.54) is 0 Å². The molecule has 1 N–H and O–H groups in total. The predicted molar refractivity (Wildman–Crippen MR) is 44.1 cm³/mol.